The van der Waals surface area contributed by atoms with Crippen LogP contribution in [-0.2, 0) is 6.42 Å². The molecule has 9 heteroatoms. The number of aldehydes is 1. The minimum absolute atomic E-state index is 0.187. The molecule has 1 heterocycles. The van der Waals surface area contributed by atoms with E-state index >= 15 is 0 Å². The molecule has 0 atom stereocenters. The number of H-pyrrole nitrogens is 1. The normalized spacial score (nSPS) is 14.5. The molecule has 3 rings (SSSR count). The van der Waals surface area contributed by atoms with Crippen LogP contribution < -0.4 is 22.8 Å². The zero-order valence-electron chi connectivity index (χ0n) is 19.3. The van der Waals surface area contributed by atoms with Crippen LogP contribution in [0.25, 0.3) is 5.57 Å². The molecule has 2 aromatic rings. The van der Waals surface area contributed by atoms with Crippen LogP contribution in [0.4, 0.5) is 5.69 Å². The second-order valence-electron chi connectivity index (χ2n) is 7.83. The number of amidine groups is 1. The minimum atomic E-state index is 0.187. The monoisotopic (exact) mass is 438 g/mol. The average Bonchev–Trinajstić information content (AvgIpc) is 3.29. The van der Waals surface area contributed by atoms with Crippen molar-refractivity contribution in [3.05, 3.63) is 53.1 Å². The van der Waals surface area contributed by atoms with Gasteiger partial charge in [0.05, 0.1) is 6.20 Å². The number of hydrazine groups is 1. The van der Waals surface area contributed by atoms with Crippen molar-refractivity contribution in [1.29, 1.82) is 5.26 Å². The molecule has 0 fully saturated rings. The lowest BCUT2D eigenvalue weighted by Crippen LogP contribution is -2.32. The molecule has 0 saturated carbocycles. The van der Waals surface area contributed by atoms with E-state index in [9.17, 15) is 4.79 Å². The van der Waals surface area contributed by atoms with Crippen LogP contribution in [0.3, 0.4) is 0 Å². The van der Waals surface area contributed by atoms with Gasteiger partial charge in [-0.05, 0) is 47.9 Å². The second-order valence-corrected chi connectivity index (χ2v) is 7.83. The molecular weight excluding hydrogens is 404 g/mol. The highest BCUT2D eigenvalue weighted by molar-refractivity contribution is 5.84. The third-order valence-electron chi connectivity index (χ3n) is 4.96. The molecule has 0 aliphatic heterocycles. The van der Waals surface area contributed by atoms with Crippen LogP contribution in [0.1, 0.15) is 74.4 Å². The fourth-order valence-corrected chi connectivity index (χ4v) is 3.09. The first-order chi connectivity index (χ1) is 15.3. The van der Waals surface area contributed by atoms with Gasteiger partial charge in [0, 0.05) is 17.7 Å². The third kappa shape index (κ3) is 7.89. The van der Waals surface area contributed by atoms with Gasteiger partial charge in [-0.15, -0.1) is 0 Å². The lowest BCUT2D eigenvalue weighted by Gasteiger charge is -2.29. The summed E-state index contributed by atoms with van der Waals surface area (Å²) in [5, 5.41) is 11.8. The molecule has 0 spiro atoms. The molecule has 8 N–H and O–H groups in total. The summed E-state index contributed by atoms with van der Waals surface area (Å²) in [6.07, 6.45) is 8.09. The first-order valence-electron chi connectivity index (χ1n) is 10.5. The molecule has 1 aromatic carbocycles. The van der Waals surface area contributed by atoms with Crippen molar-refractivity contribution in [2.24, 2.45) is 22.2 Å². The number of allylic oxidation sites excluding steroid dienone is 2. The highest BCUT2D eigenvalue weighted by Crippen LogP contribution is 2.39. The van der Waals surface area contributed by atoms with Crippen molar-refractivity contribution in [2.75, 3.05) is 5.73 Å². The predicted molar refractivity (Wildman–Crippen MR) is 129 cm³/mol. The van der Waals surface area contributed by atoms with E-state index in [1.165, 1.54) is 18.2 Å². The summed E-state index contributed by atoms with van der Waals surface area (Å²) in [4.78, 5) is 16.0. The number of imidazole rings is 1. The summed E-state index contributed by atoms with van der Waals surface area (Å²) >= 11 is 0. The molecule has 172 valence electrons. The predicted octanol–water partition coefficient (Wildman–Crippen LogP) is 3.26. The maximum absolute atomic E-state index is 9.93. The van der Waals surface area contributed by atoms with Crippen LogP contribution in [0, 0.1) is 16.7 Å². The molecule has 1 aromatic heterocycles. The number of hydrogen-bond donors (Lipinski definition) is 5. The summed E-state index contributed by atoms with van der Waals surface area (Å²) in [5.41, 5.74) is 13.7. The average molecular weight is 439 g/mol. The number of hydrazone groups is 1. The van der Waals surface area contributed by atoms with Gasteiger partial charge < -0.3 is 22.0 Å². The summed E-state index contributed by atoms with van der Waals surface area (Å²) in [6, 6.07) is 7.84. The number of nitrogens with one attached hydrogen (secondary N) is 2. The Labute approximate surface area is 189 Å². The Bertz CT molecular complexity index is 982. The van der Waals surface area contributed by atoms with Gasteiger partial charge in [0.15, 0.2) is 12.1 Å². The topological polar surface area (TPSA) is 172 Å². The number of aromatic amines is 1. The molecule has 1 aliphatic rings. The molecule has 9 nitrogen and oxygen atoms in total. The maximum atomic E-state index is 9.93. The van der Waals surface area contributed by atoms with Gasteiger partial charge >= 0.3 is 0 Å². The van der Waals surface area contributed by atoms with Crippen LogP contribution in [0.2, 0.25) is 0 Å². The number of rotatable bonds is 4. The van der Waals surface area contributed by atoms with E-state index < -0.39 is 0 Å². The Hall–Kier alpha value is -3.64. The highest BCUT2D eigenvalue weighted by Gasteiger charge is 2.22. The quantitative estimate of drug-likeness (QED) is 0.122. The SMILES string of the molecule is CC.CC1(C)CC=C(c2cc(C/C(=N/N)NN)ccc2N)CC1.N#Cc1cnc(C=O)[nH]1. The Balaban J connectivity index is 0.000000388. The second kappa shape index (κ2) is 12.9. The number of aromatic nitrogens is 2. The molecule has 0 bridgehead atoms. The van der Waals surface area contributed by atoms with E-state index in [1.54, 1.807) is 6.07 Å². The number of nitrogens with two attached hydrogens (primary N) is 3. The van der Waals surface area contributed by atoms with Crippen molar-refractivity contribution in [3.8, 4) is 6.07 Å². The lowest BCUT2D eigenvalue weighted by atomic mass is 9.76. The van der Waals surface area contributed by atoms with Crippen LogP contribution >= 0.6 is 0 Å². The van der Waals surface area contributed by atoms with Crippen molar-refractivity contribution < 1.29 is 4.79 Å². The van der Waals surface area contributed by atoms with Gasteiger partial charge in [0.1, 0.15) is 17.6 Å². The zero-order chi connectivity index (χ0) is 24.1. The third-order valence-corrected chi connectivity index (χ3v) is 4.96. The van der Waals surface area contributed by atoms with Crippen LogP contribution in [0.15, 0.2) is 35.6 Å². The van der Waals surface area contributed by atoms with Crippen molar-refractivity contribution in [2.45, 2.75) is 53.4 Å². The van der Waals surface area contributed by atoms with E-state index in [4.69, 9.17) is 22.7 Å². The van der Waals surface area contributed by atoms with E-state index in [1.807, 2.05) is 26.0 Å². The van der Waals surface area contributed by atoms with Gasteiger partial charge in [0.2, 0.25) is 0 Å². The standard InChI is InChI=1S/C16H25N5.C5H3N3O.C2H6/c1-16(2)7-5-12(6-8-16)13-9-11(3-4-14(13)17)10-15(20-18)21-19;6-1-4-2-7-5(3-9)8-4;1-2/h3-5,9H,6-8,10,17-19H2,1-2H3,(H,20,21);2-3H,(H,7,8);1-2H3. The maximum Gasteiger partial charge on any atom is 0.185 e. The fraction of sp³-hybridized carbons (Fsp3) is 0.391. The molecule has 32 heavy (non-hydrogen) atoms. The van der Waals surface area contributed by atoms with Gasteiger partial charge in [-0.1, -0.05) is 39.8 Å². The van der Waals surface area contributed by atoms with Gasteiger partial charge in [0.25, 0.3) is 0 Å². The van der Waals surface area contributed by atoms with E-state index in [2.05, 4.69) is 46.5 Å². The first kappa shape index (κ1) is 26.4. The first-order valence-corrected chi connectivity index (χ1v) is 10.5. The number of benzene rings is 1. The van der Waals surface area contributed by atoms with Crippen LogP contribution in [0.5, 0.6) is 0 Å². The van der Waals surface area contributed by atoms with Gasteiger partial charge in [-0.25, -0.2) is 10.8 Å². The molecule has 0 amide bonds. The largest absolute Gasteiger partial charge is 0.398 e. The van der Waals surface area contributed by atoms with Gasteiger partial charge in [-0.2, -0.15) is 10.4 Å². The molecule has 1 aliphatic carbocycles. The van der Waals surface area contributed by atoms with Crippen molar-refractivity contribution in [3.63, 3.8) is 0 Å². The zero-order valence-corrected chi connectivity index (χ0v) is 19.3. The van der Waals surface area contributed by atoms with Gasteiger partial charge in [-0.3, -0.25) is 4.79 Å². The van der Waals surface area contributed by atoms with E-state index in [0.717, 1.165) is 29.7 Å². The van der Waals surface area contributed by atoms with E-state index in [0.29, 0.717) is 29.7 Å². The molecule has 0 unspecified atom stereocenters. The number of hydrogen-bond acceptors (Lipinski definition) is 7. The minimum Gasteiger partial charge on any atom is -0.398 e. The molecule has 0 saturated heterocycles. The Kier molecular flexibility index (Phi) is 10.7. The smallest absolute Gasteiger partial charge is 0.185 e. The number of nitrogens with zero attached hydrogens (tertiary/aromatic N) is 3. The Morgan fingerprint density at radius 1 is 1.41 bits per heavy atom. The molecular formula is C23H34N8O. The Morgan fingerprint density at radius 2 is 2.12 bits per heavy atom. The fourth-order valence-electron chi connectivity index (χ4n) is 3.09. The van der Waals surface area contributed by atoms with Crippen LogP contribution in [-0.4, -0.2) is 22.1 Å². The van der Waals surface area contributed by atoms with E-state index in [-0.39, 0.29) is 5.82 Å². The summed E-state index contributed by atoms with van der Waals surface area (Å²) in [6.45, 7) is 8.61. The number of carbonyl (C=O) groups excluding carboxylic acids is 1. The summed E-state index contributed by atoms with van der Waals surface area (Å²) < 4.78 is 0. The number of nitriles is 1. The number of carbonyl (C=O) groups is 1. The summed E-state index contributed by atoms with van der Waals surface area (Å²) in [7, 11) is 0. The summed E-state index contributed by atoms with van der Waals surface area (Å²) in [5.74, 6) is 11.4. The number of nitrogen functional groups attached to an aromatic ring is 1. The Morgan fingerprint density at radius 3 is 2.59 bits per heavy atom. The highest BCUT2D eigenvalue weighted by atomic mass is 16.1. The lowest BCUT2D eigenvalue weighted by molar-refractivity contribution is 0.111. The molecule has 0 radical (unpaired) electrons. The number of anilines is 1. The van der Waals surface area contributed by atoms with Crippen molar-refractivity contribution >= 4 is 23.4 Å². The van der Waals surface area contributed by atoms with Crippen molar-refractivity contribution in [1.82, 2.24) is 15.4 Å².